The van der Waals surface area contributed by atoms with Crippen LogP contribution in [0, 0.1) is 6.92 Å². The van der Waals surface area contributed by atoms with Crippen LogP contribution in [0.1, 0.15) is 15.9 Å². The molecule has 30 heavy (non-hydrogen) atoms. The van der Waals surface area contributed by atoms with E-state index in [-0.39, 0.29) is 0 Å². The van der Waals surface area contributed by atoms with Crippen LogP contribution < -0.4 is 25.0 Å². The van der Waals surface area contributed by atoms with Crippen molar-refractivity contribution in [3.8, 4) is 11.5 Å². The van der Waals surface area contributed by atoms with Crippen molar-refractivity contribution >= 4 is 28.4 Å². The largest absolute Gasteiger partial charge is 0.493 e. The summed E-state index contributed by atoms with van der Waals surface area (Å²) in [5, 5.41) is 1.04. The highest BCUT2D eigenvalue weighted by Gasteiger charge is 2.23. The number of ether oxygens (including phenoxy) is 2. The van der Waals surface area contributed by atoms with Crippen LogP contribution in [0.2, 0.25) is 0 Å². The summed E-state index contributed by atoms with van der Waals surface area (Å²) in [7, 11) is 3.25. The minimum atomic E-state index is -0.461. The van der Waals surface area contributed by atoms with Crippen LogP contribution in [-0.2, 0) is 0 Å². The molecule has 0 spiro atoms. The maximum absolute atomic E-state index is 11.7. The Labute approximate surface area is 175 Å². The minimum Gasteiger partial charge on any atom is -0.493 e. The number of primary amides is 1. The maximum atomic E-state index is 11.7. The molecule has 4 rings (SSSR count). The third kappa shape index (κ3) is 3.56. The molecule has 0 unspecified atom stereocenters. The molecular weight excluding hydrogens is 382 g/mol. The fourth-order valence-electron chi connectivity index (χ4n) is 3.85. The van der Waals surface area contributed by atoms with E-state index in [4.69, 9.17) is 20.2 Å². The molecule has 156 valence electrons. The molecule has 1 saturated heterocycles. The molecule has 2 N–H and O–H groups in total. The van der Waals surface area contributed by atoms with Crippen molar-refractivity contribution in [3.05, 3.63) is 47.7 Å². The van der Waals surface area contributed by atoms with Crippen molar-refractivity contribution < 1.29 is 14.3 Å². The van der Waals surface area contributed by atoms with Crippen LogP contribution in [0.5, 0.6) is 11.5 Å². The normalized spacial score (nSPS) is 14.1. The molecule has 1 aliphatic rings. The number of benzene rings is 1. The number of amides is 1. The van der Waals surface area contributed by atoms with Crippen molar-refractivity contribution in [3.63, 3.8) is 0 Å². The van der Waals surface area contributed by atoms with Crippen LogP contribution in [-0.4, -0.2) is 56.3 Å². The second-order valence-corrected chi connectivity index (χ2v) is 7.23. The van der Waals surface area contributed by atoms with E-state index in [1.807, 2.05) is 12.1 Å². The van der Waals surface area contributed by atoms with Crippen molar-refractivity contribution in [2.75, 3.05) is 50.2 Å². The molecule has 0 aliphatic carbocycles. The molecule has 3 aromatic rings. The molecule has 1 amide bonds. The number of aryl methyl sites for hydroxylation is 1. The quantitative estimate of drug-likeness (QED) is 0.694. The van der Waals surface area contributed by atoms with E-state index in [1.165, 1.54) is 0 Å². The first-order valence-corrected chi connectivity index (χ1v) is 9.80. The predicted octanol–water partition coefficient (Wildman–Crippen LogP) is 2.38. The average Bonchev–Trinajstić information content (AvgIpc) is 2.78. The van der Waals surface area contributed by atoms with Crippen molar-refractivity contribution in [1.82, 2.24) is 9.97 Å². The molecule has 1 aromatic carbocycles. The zero-order valence-electron chi connectivity index (χ0n) is 17.4. The van der Waals surface area contributed by atoms with E-state index in [0.29, 0.717) is 22.9 Å². The second-order valence-electron chi connectivity index (χ2n) is 7.23. The van der Waals surface area contributed by atoms with Gasteiger partial charge in [0.25, 0.3) is 5.91 Å². The molecule has 0 bridgehead atoms. The van der Waals surface area contributed by atoms with Gasteiger partial charge in [-0.1, -0.05) is 0 Å². The van der Waals surface area contributed by atoms with E-state index >= 15 is 0 Å². The number of nitrogens with two attached hydrogens (primary N) is 1. The Balaban J connectivity index is 1.58. The smallest absolute Gasteiger partial charge is 0.252 e. The van der Waals surface area contributed by atoms with E-state index in [2.05, 4.69) is 27.8 Å². The molecule has 0 radical (unpaired) electrons. The Bertz CT molecular complexity index is 1090. The molecular formula is C22H25N5O3. The maximum Gasteiger partial charge on any atom is 0.252 e. The number of hydrogen-bond acceptors (Lipinski definition) is 7. The van der Waals surface area contributed by atoms with E-state index < -0.39 is 5.91 Å². The van der Waals surface area contributed by atoms with Crippen LogP contribution >= 0.6 is 0 Å². The number of fused-ring (bicyclic) bond motifs is 1. The predicted molar refractivity (Wildman–Crippen MR) is 117 cm³/mol. The summed E-state index contributed by atoms with van der Waals surface area (Å²) < 4.78 is 10.9. The number of carbonyl (C=O) groups is 1. The number of pyridine rings is 2. The number of piperazine rings is 1. The Morgan fingerprint density at radius 3 is 2.37 bits per heavy atom. The summed E-state index contributed by atoms with van der Waals surface area (Å²) in [6.45, 7) is 5.05. The summed E-state index contributed by atoms with van der Waals surface area (Å²) >= 11 is 0. The summed E-state index contributed by atoms with van der Waals surface area (Å²) in [5.41, 5.74) is 7.95. The Hall–Kier alpha value is -3.55. The number of hydrogen-bond donors (Lipinski definition) is 1. The van der Waals surface area contributed by atoms with Gasteiger partial charge in [-0.15, -0.1) is 0 Å². The number of anilines is 2. The van der Waals surface area contributed by atoms with E-state index in [9.17, 15) is 4.79 Å². The van der Waals surface area contributed by atoms with Gasteiger partial charge in [-0.25, -0.2) is 9.97 Å². The van der Waals surface area contributed by atoms with Gasteiger partial charge < -0.3 is 25.0 Å². The molecule has 3 heterocycles. The molecule has 1 aliphatic heterocycles. The summed E-state index contributed by atoms with van der Waals surface area (Å²) in [6.07, 6.45) is 1.68. The zero-order chi connectivity index (χ0) is 21.3. The first-order chi connectivity index (χ1) is 14.5. The second kappa shape index (κ2) is 8.06. The Morgan fingerprint density at radius 2 is 1.70 bits per heavy atom. The molecule has 2 aromatic heterocycles. The topological polar surface area (TPSA) is 93.8 Å². The van der Waals surface area contributed by atoms with Crippen molar-refractivity contribution in [2.45, 2.75) is 6.92 Å². The van der Waals surface area contributed by atoms with Crippen molar-refractivity contribution in [2.24, 2.45) is 5.73 Å². The van der Waals surface area contributed by atoms with Gasteiger partial charge in [-0.3, -0.25) is 4.79 Å². The van der Waals surface area contributed by atoms with E-state index in [1.54, 1.807) is 32.5 Å². The molecule has 0 saturated carbocycles. The lowest BCUT2D eigenvalue weighted by molar-refractivity contribution is 0.100. The third-order valence-corrected chi connectivity index (χ3v) is 5.46. The Morgan fingerprint density at radius 1 is 1.03 bits per heavy atom. The van der Waals surface area contributed by atoms with Gasteiger partial charge in [0, 0.05) is 43.8 Å². The monoisotopic (exact) mass is 407 g/mol. The van der Waals surface area contributed by atoms with Gasteiger partial charge in [0.2, 0.25) is 0 Å². The highest BCUT2D eigenvalue weighted by Crippen LogP contribution is 2.34. The Kier molecular flexibility index (Phi) is 5.31. The SMILES string of the molecule is COc1cc2nc(N3CCN(c4ncccc4C(N)=O)CC3)cc(C)c2cc1OC. The van der Waals surface area contributed by atoms with Gasteiger partial charge in [0.05, 0.1) is 25.3 Å². The molecule has 1 fully saturated rings. The first-order valence-electron chi connectivity index (χ1n) is 9.80. The van der Waals surface area contributed by atoms with Crippen LogP contribution in [0.4, 0.5) is 11.6 Å². The van der Waals surface area contributed by atoms with Gasteiger partial charge in [-0.05, 0) is 36.8 Å². The zero-order valence-corrected chi connectivity index (χ0v) is 17.4. The summed E-state index contributed by atoms with van der Waals surface area (Å²) in [4.78, 5) is 25.3. The first kappa shape index (κ1) is 19.8. The fourth-order valence-corrected chi connectivity index (χ4v) is 3.85. The van der Waals surface area contributed by atoms with Crippen LogP contribution in [0.15, 0.2) is 36.5 Å². The lowest BCUT2D eigenvalue weighted by Gasteiger charge is -2.36. The number of nitrogens with zero attached hydrogens (tertiary/aromatic N) is 4. The summed E-state index contributed by atoms with van der Waals surface area (Å²) in [5.74, 6) is 2.45. The standard InChI is InChI=1S/C22H25N5O3/c1-14-11-20(25-17-13-19(30-3)18(29-2)12-16(14)17)26-7-9-27(10-8-26)22-15(21(23)28)5-4-6-24-22/h4-6,11-13H,7-10H2,1-3H3,(H2,23,28). The fraction of sp³-hybridized carbons (Fsp3) is 0.318. The number of methoxy groups -OCH3 is 2. The van der Waals surface area contributed by atoms with Gasteiger partial charge >= 0.3 is 0 Å². The van der Waals surface area contributed by atoms with Gasteiger partial charge in [0.1, 0.15) is 11.6 Å². The third-order valence-electron chi connectivity index (χ3n) is 5.46. The summed E-state index contributed by atoms with van der Waals surface area (Å²) in [6, 6.07) is 9.41. The highest BCUT2D eigenvalue weighted by atomic mass is 16.5. The lowest BCUT2D eigenvalue weighted by Crippen LogP contribution is -2.47. The molecule has 0 atom stereocenters. The number of aromatic nitrogens is 2. The molecule has 8 nitrogen and oxygen atoms in total. The van der Waals surface area contributed by atoms with Gasteiger partial charge in [0.15, 0.2) is 11.5 Å². The number of carbonyl (C=O) groups excluding carboxylic acids is 1. The van der Waals surface area contributed by atoms with E-state index in [0.717, 1.165) is 48.5 Å². The van der Waals surface area contributed by atoms with Crippen LogP contribution in [0.25, 0.3) is 10.9 Å². The average molecular weight is 407 g/mol. The molecule has 8 heteroatoms. The van der Waals surface area contributed by atoms with Gasteiger partial charge in [-0.2, -0.15) is 0 Å². The minimum absolute atomic E-state index is 0.451. The van der Waals surface area contributed by atoms with Crippen LogP contribution in [0.3, 0.4) is 0 Å². The number of rotatable bonds is 5. The highest BCUT2D eigenvalue weighted by molar-refractivity contribution is 5.97. The lowest BCUT2D eigenvalue weighted by atomic mass is 10.1. The van der Waals surface area contributed by atoms with Crippen molar-refractivity contribution in [1.29, 1.82) is 0 Å².